The lowest BCUT2D eigenvalue weighted by Crippen LogP contribution is -1.82. The number of nitrogens with zero attached hydrogens (tertiary/aromatic N) is 1. The molecule has 2 aromatic carbocycles. The fourth-order valence-corrected chi connectivity index (χ4v) is 2.95. The van der Waals surface area contributed by atoms with E-state index in [1.807, 2.05) is 36.4 Å². The molecule has 2 aromatic heterocycles. The van der Waals surface area contributed by atoms with Gasteiger partial charge in [-0.3, -0.25) is 0 Å². The molecule has 4 aromatic rings. The van der Waals surface area contributed by atoms with Crippen molar-refractivity contribution in [1.29, 1.82) is 0 Å². The van der Waals surface area contributed by atoms with Crippen LogP contribution in [-0.4, -0.2) is 4.98 Å². The number of benzene rings is 2. The lowest BCUT2D eigenvalue weighted by atomic mass is 10.1. The summed E-state index contributed by atoms with van der Waals surface area (Å²) >= 11 is 0. The van der Waals surface area contributed by atoms with E-state index in [2.05, 4.69) is 44.2 Å². The standard InChI is InChI=1S/C21H17NO/c1-14-10-15(2)12-17(11-14)21-13-19-20(23-21)9-8-18(22-19)16-6-4-3-5-7-16/h3-13H,1-2H3. The van der Waals surface area contributed by atoms with Crippen molar-refractivity contribution in [3.05, 3.63) is 77.9 Å². The predicted molar refractivity (Wildman–Crippen MR) is 94.4 cm³/mol. The first-order valence-electron chi connectivity index (χ1n) is 7.74. The van der Waals surface area contributed by atoms with Gasteiger partial charge in [-0.05, 0) is 38.1 Å². The molecule has 0 aliphatic heterocycles. The maximum absolute atomic E-state index is 5.99. The fraction of sp³-hybridized carbons (Fsp3) is 0.0952. The Bertz CT molecular complexity index is 963. The fourth-order valence-electron chi connectivity index (χ4n) is 2.95. The molecule has 4 rings (SSSR count). The topological polar surface area (TPSA) is 26.0 Å². The zero-order valence-electron chi connectivity index (χ0n) is 13.2. The second-order valence-electron chi connectivity index (χ2n) is 5.93. The van der Waals surface area contributed by atoms with E-state index in [1.165, 1.54) is 11.1 Å². The lowest BCUT2D eigenvalue weighted by Gasteiger charge is -2.01. The van der Waals surface area contributed by atoms with Crippen LogP contribution in [0.4, 0.5) is 0 Å². The molecule has 0 atom stereocenters. The summed E-state index contributed by atoms with van der Waals surface area (Å²) in [6.07, 6.45) is 0. The monoisotopic (exact) mass is 299 g/mol. The van der Waals surface area contributed by atoms with Crippen LogP contribution in [0.2, 0.25) is 0 Å². The number of aromatic nitrogens is 1. The Morgan fingerprint density at radius 2 is 1.48 bits per heavy atom. The van der Waals surface area contributed by atoms with Crippen LogP contribution in [-0.2, 0) is 0 Å². The van der Waals surface area contributed by atoms with Gasteiger partial charge in [0.05, 0.1) is 5.69 Å². The molecule has 0 amide bonds. The van der Waals surface area contributed by atoms with Crippen molar-refractivity contribution in [3.8, 4) is 22.6 Å². The van der Waals surface area contributed by atoms with Crippen molar-refractivity contribution in [2.45, 2.75) is 13.8 Å². The SMILES string of the molecule is Cc1cc(C)cc(-c2cc3nc(-c4ccccc4)ccc3o2)c1. The molecule has 2 heteroatoms. The van der Waals surface area contributed by atoms with Gasteiger partial charge in [0, 0.05) is 17.2 Å². The summed E-state index contributed by atoms with van der Waals surface area (Å²) in [4.78, 5) is 4.74. The molecule has 0 aliphatic carbocycles. The van der Waals surface area contributed by atoms with Crippen molar-refractivity contribution in [2.24, 2.45) is 0 Å². The van der Waals surface area contributed by atoms with Crippen LogP contribution in [0.5, 0.6) is 0 Å². The lowest BCUT2D eigenvalue weighted by molar-refractivity contribution is 0.631. The Hall–Kier alpha value is -2.87. The molecule has 0 bridgehead atoms. The molecule has 0 spiro atoms. The Balaban J connectivity index is 1.82. The van der Waals surface area contributed by atoms with E-state index in [0.717, 1.165) is 33.7 Å². The summed E-state index contributed by atoms with van der Waals surface area (Å²) in [6.45, 7) is 4.20. The molecule has 0 saturated heterocycles. The molecule has 0 saturated carbocycles. The minimum Gasteiger partial charge on any atom is -0.454 e. The highest BCUT2D eigenvalue weighted by atomic mass is 16.3. The molecule has 0 radical (unpaired) electrons. The largest absolute Gasteiger partial charge is 0.454 e. The molecule has 2 nitrogen and oxygen atoms in total. The number of pyridine rings is 1. The Morgan fingerprint density at radius 1 is 0.739 bits per heavy atom. The van der Waals surface area contributed by atoms with E-state index in [9.17, 15) is 0 Å². The van der Waals surface area contributed by atoms with Gasteiger partial charge in [-0.15, -0.1) is 0 Å². The number of aryl methyl sites for hydroxylation is 2. The van der Waals surface area contributed by atoms with E-state index in [4.69, 9.17) is 9.40 Å². The Morgan fingerprint density at radius 3 is 2.22 bits per heavy atom. The maximum Gasteiger partial charge on any atom is 0.153 e. The number of fused-ring (bicyclic) bond motifs is 1. The van der Waals surface area contributed by atoms with E-state index >= 15 is 0 Å². The third-order valence-electron chi connectivity index (χ3n) is 3.95. The molecular formula is C21H17NO. The van der Waals surface area contributed by atoms with E-state index in [1.54, 1.807) is 0 Å². The molecule has 2 heterocycles. The van der Waals surface area contributed by atoms with Crippen molar-refractivity contribution >= 4 is 11.1 Å². The van der Waals surface area contributed by atoms with Crippen LogP contribution >= 0.6 is 0 Å². The minimum absolute atomic E-state index is 0.818. The average Bonchev–Trinajstić information content (AvgIpc) is 2.98. The highest BCUT2D eigenvalue weighted by Crippen LogP contribution is 2.30. The maximum atomic E-state index is 5.99. The number of hydrogen-bond donors (Lipinski definition) is 0. The Labute approximate surface area is 135 Å². The van der Waals surface area contributed by atoms with Crippen molar-refractivity contribution in [3.63, 3.8) is 0 Å². The third-order valence-corrected chi connectivity index (χ3v) is 3.95. The van der Waals surface area contributed by atoms with Gasteiger partial charge in [0.1, 0.15) is 11.3 Å². The normalized spacial score (nSPS) is 11.0. The summed E-state index contributed by atoms with van der Waals surface area (Å²) < 4.78 is 5.99. The smallest absolute Gasteiger partial charge is 0.153 e. The molecule has 0 unspecified atom stereocenters. The van der Waals surface area contributed by atoms with Crippen molar-refractivity contribution in [2.75, 3.05) is 0 Å². The number of hydrogen-bond acceptors (Lipinski definition) is 2. The van der Waals surface area contributed by atoms with E-state index in [-0.39, 0.29) is 0 Å². The molecule has 112 valence electrons. The van der Waals surface area contributed by atoms with Crippen LogP contribution in [0, 0.1) is 13.8 Å². The van der Waals surface area contributed by atoms with E-state index < -0.39 is 0 Å². The summed E-state index contributed by atoms with van der Waals surface area (Å²) in [5.41, 5.74) is 7.35. The number of rotatable bonds is 2. The van der Waals surface area contributed by atoms with Gasteiger partial charge in [0.25, 0.3) is 0 Å². The molecule has 0 fully saturated rings. The van der Waals surface area contributed by atoms with Gasteiger partial charge < -0.3 is 4.42 Å². The number of furan rings is 1. The first-order valence-corrected chi connectivity index (χ1v) is 7.74. The Kier molecular flexibility index (Phi) is 3.23. The van der Waals surface area contributed by atoms with Crippen LogP contribution in [0.15, 0.2) is 71.1 Å². The minimum atomic E-state index is 0.818. The first-order chi connectivity index (χ1) is 11.2. The summed E-state index contributed by atoms with van der Waals surface area (Å²) in [7, 11) is 0. The van der Waals surface area contributed by atoms with Crippen LogP contribution in [0.25, 0.3) is 33.7 Å². The highest BCUT2D eigenvalue weighted by molar-refractivity contribution is 5.82. The molecule has 0 aliphatic rings. The summed E-state index contributed by atoms with van der Waals surface area (Å²) in [5.74, 6) is 0.865. The predicted octanol–water partition coefficient (Wildman–Crippen LogP) is 5.78. The first kappa shape index (κ1) is 13.8. The highest BCUT2D eigenvalue weighted by Gasteiger charge is 2.09. The van der Waals surface area contributed by atoms with Crippen LogP contribution < -0.4 is 0 Å². The molecule has 0 N–H and O–H groups in total. The van der Waals surface area contributed by atoms with Gasteiger partial charge in [-0.2, -0.15) is 0 Å². The zero-order chi connectivity index (χ0) is 15.8. The summed E-state index contributed by atoms with van der Waals surface area (Å²) in [5, 5.41) is 0. The van der Waals surface area contributed by atoms with Crippen molar-refractivity contribution in [1.82, 2.24) is 4.98 Å². The molecular weight excluding hydrogens is 282 g/mol. The van der Waals surface area contributed by atoms with Crippen molar-refractivity contribution < 1.29 is 4.42 Å². The van der Waals surface area contributed by atoms with Crippen LogP contribution in [0.1, 0.15) is 11.1 Å². The second-order valence-corrected chi connectivity index (χ2v) is 5.93. The quantitative estimate of drug-likeness (QED) is 0.469. The van der Waals surface area contributed by atoms with Gasteiger partial charge in [0.15, 0.2) is 5.58 Å². The third kappa shape index (κ3) is 2.64. The van der Waals surface area contributed by atoms with E-state index in [0.29, 0.717) is 0 Å². The molecule has 23 heavy (non-hydrogen) atoms. The van der Waals surface area contributed by atoms with Gasteiger partial charge in [-0.25, -0.2) is 4.98 Å². The van der Waals surface area contributed by atoms with Gasteiger partial charge in [0.2, 0.25) is 0 Å². The second kappa shape index (κ2) is 5.40. The van der Waals surface area contributed by atoms with Gasteiger partial charge in [-0.1, -0.05) is 47.5 Å². The average molecular weight is 299 g/mol. The summed E-state index contributed by atoms with van der Waals surface area (Å²) in [6, 6.07) is 22.7. The van der Waals surface area contributed by atoms with Gasteiger partial charge >= 0.3 is 0 Å². The van der Waals surface area contributed by atoms with Crippen LogP contribution in [0.3, 0.4) is 0 Å². The zero-order valence-corrected chi connectivity index (χ0v) is 13.2.